The molecular weight excluding hydrogens is 219 g/mol. The van der Waals surface area contributed by atoms with Crippen molar-refractivity contribution in [2.45, 2.75) is 55.8 Å². The zero-order valence-corrected chi connectivity index (χ0v) is 9.92. The highest BCUT2D eigenvalue weighted by atomic mass is 19.1. The van der Waals surface area contributed by atoms with Crippen LogP contribution in [0.5, 0.6) is 0 Å². The Morgan fingerprint density at radius 2 is 1.88 bits per heavy atom. The molecule has 0 radical (unpaired) electrons. The summed E-state index contributed by atoms with van der Waals surface area (Å²) in [4.78, 5) is 12.3. The third-order valence-corrected chi connectivity index (χ3v) is 5.64. The quantitative estimate of drug-likeness (QED) is 0.757. The zero-order chi connectivity index (χ0) is 11.8. The number of carbonyl (C=O) groups is 1. The first-order chi connectivity index (χ1) is 8.00. The molecule has 3 nitrogen and oxygen atoms in total. The Morgan fingerprint density at radius 3 is 2.41 bits per heavy atom. The Kier molecular flexibility index (Phi) is 1.72. The van der Waals surface area contributed by atoms with E-state index in [0.717, 1.165) is 12.8 Å². The van der Waals surface area contributed by atoms with Crippen LogP contribution in [-0.4, -0.2) is 23.2 Å². The number of nitrogens with one attached hydrogen (secondary N) is 1. The Labute approximate surface area is 100 Å². The Morgan fingerprint density at radius 1 is 1.24 bits per heavy atom. The first-order valence-electron chi connectivity index (χ1n) is 6.77. The maximum atomic E-state index is 13.4. The van der Waals surface area contributed by atoms with Gasteiger partial charge in [0.05, 0.1) is 5.92 Å². The number of fused-ring (bicyclic) bond motifs is 2. The SMILES string of the molecule is N[C@@H]1[C@H]2CC[C@H](C2)[C@@H]1C(=O)NC12CC(F)(C1)C2. The minimum atomic E-state index is -0.940. The largest absolute Gasteiger partial charge is 0.350 e. The Bertz CT molecular complexity index is 375. The van der Waals surface area contributed by atoms with Crippen molar-refractivity contribution in [1.29, 1.82) is 0 Å². The fourth-order valence-electron chi connectivity index (χ4n) is 4.87. The van der Waals surface area contributed by atoms with Gasteiger partial charge in [-0.2, -0.15) is 0 Å². The molecule has 0 aromatic rings. The summed E-state index contributed by atoms with van der Waals surface area (Å²) in [6.07, 6.45) is 5.05. The van der Waals surface area contributed by atoms with Crippen LogP contribution in [0.2, 0.25) is 0 Å². The lowest BCUT2D eigenvalue weighted by Crippen LogP contribution is -2.77. The fraction of sp³-hybridized carbons (Fsp3) is 0.923. The zero-order valence-electron chi connectivity index (χ0n) is 9.92. The fourth-order valence-corrected chi connectivity index (χ4v) is 4.87. The van der Waals surface area contributed by atoms with E-state index in [1.807, 2.05) is 0 Å². The smallest absolute Gasteiger partial charge is 0.225 e. The van der Waals surface area contributed by atoms with Crippen LogP contribution in [0.25, 0.3) is 0 Å². The number of alkyl halides is 1. The molecule has 0 saturated heterocycles. The van der Waals surface area contributed by atoms with Crippen LogP contribution >= 0.6 is 0 Å². The van der Waals surface area contributed by atoms with E-state index in [9.17, 15) is 9.18 Å². The third-order valence-electron chi connectivity index (χ3n) is 5.64. The molecule has 5 aliphatic rings. The molecule has 0 aromatic heterocycles. The summed E-state index contributed by atoms with van der Waals surface area (Å²) in [5.74, 6) is 1.14. The van der Waals surface area contributed by atoms with Crippen molar-refractivity contribution >= 4 is 5.91 Å². The predicted octanol–water partition coefficient (Wildman–Crippen LogP) is 1.12. The van der Waals surface area contributed by atoms with Crippen LogP contribution in [0.15, 0.2) is 0 Å². The lowest BCUT2D eigenvalue weighted by molar-refractivity contribution is -0.177. The standard InChI is InChI=1S/C13H19FN2O/c14-12-4-13(5-12,6-12)16-11(17)9-7-1-2-8(3-7)10(9)15/h7-10H,1-6,15H2,(H,16,17)/t7-,8+,9+,10-,12?,13?/m1/s1. The first-order valence-corrected chi connectivity index (χ1v) is 6.77. The molecule has 1 amide bonds. The summed E-state index contributed by atoms with van der Waals surface area (Å²) in [7, 11) is 0. The summed E-state index contributed by atoms with van der Waals surface area (Å²) >= 11 is 0. The van der Waals surface area contributed by atoms with Crippen molar-refractivity contribution in [3.8, 4) is 0 Å². The molecule has 3 N–H and O–H groups in total. The van der Waals surface area contributed by atoms with E-state index in [1.165, 1.54) is 6.42 Å². The van der Waals surface area contributed by atoms with Crippen LogP contribution in [0.4, 0.5) is 4.39 Å². The van der Waals surface area contributed by atoms with Crippen molar-refractivity contribution in [2.75, 3.05) is 0 Å². The van der Waals surface area contributed by atoms with Crippen LogP contribution in [0.1, 0.15) is 38.5 Å². The van der Waals surface area contributed by atoms with Crippen molar-refractivity contribution in [3.63, 3.8) is 0 Å². The summed E-state index contributed by atoms with van der Waals surface area (Å²) in [5.41, 5.74) is 5.02. The van der Waals surface area contributed by atoms with Gasteiger partial charge < -0.3 is 11.1 Å². The molecule has 5 fully saturated rings. The van der Waals surface area contributed by atoms with Gasteiger partial charge in [0.25, 0.3) is 0 Å². The maximum Gasteiger partial charge on any atom is 0.225 e. The third kappa shape index (κ3) is 1.22. The van der Waals surface area contributed by atoms with Crippen LogP contribution in [0, 0.1) is 17.8 Å². The van der Waals surface area contributed by atoms with Gasteiger partial charge >= 0.3 is 0 Å². The van der Waals surface area contributed by atoms with E-state index in [1.54, 1.807) is 0 Å². The van der Waals surface area contributed by atoms with Crippen molar-refractivity contribution in [1.82, 2.24) is 5.32 Å². The van der Waals surface area contributed by atoms with E-state index in [-0.39, 0.29) is 23.4 Å². The highest BCUT2D eigenvalue weighted by molar-refractivity contribution is 5.82. The summed E-state index contributed by atoms with van der Waals surface area (Å²) < 4.78 is 13.4. The van der Waals surface area contributed by atoms with Crippen LogP contribution in [0.3, 0.4) is 0 Å². The van der Waals surface area contributed by atoms with E-state index >= 15 is 0 Å². The van der Waals surface area contributed by atoms with Gasteiger partial charge in [-0.15, -0.1) is 0 Å². The molecular formula is C13H19FN2O. The first kappa shape index (κ1) is 10.3. The van der Waals surface area contributed by atoms with E-state index in [4.69, 9.17) is 5.73 Å². The van der Waals surface area contributed by atoms with Crippen molar-refractivity contribution in [2.24, 2.45) is 23.5 Å². The highest BCUT2D eigenvalue weighted by Gasteiger charge is 2.70. The number of amides is 1. The van der Waals surface area contributed by atoms with Gasteiger partial charge in [0, 0.05) is 30.8 Å². The second-order valence-corrected chi connectivity index (χ2v) is 6.89. The van der Waals surface area contributed by atoms with Gasteiger partial charge in [-0.3, -0.25) is 4.79 Å². The van der Waals surface area contributed by atoms with Gasteiger partial charge in [0.1, 0.15) is 5.67 Å². The molecule has 0 heterocycles. The lowest BCUT2D eigenvalue weighted by Gasteiger charge is -2.66. The monoisotopic (exact) mass is 238 g/mol. The van der Waals surface area contributed by atoms with Gasteiger partial charge in [-0.1, -0.05) is 0 Å². The highest BCUT2D eigenvalue weighted by Crippen LogP contribution is 2.63. The van der Waals surface area contributed by atoms with Gasteiger partial charge in [0.15, 0.2) is 0 Å². The summed E-state index contributed by atoms with van der Waals surface area (Å²) in [6, 6.07) is 0.0421. The Hall–Kier alpha value is -0.640. The van der Waals surface area contributed by atoms with Crippen molar-refractivity contribution in [3.05, 3.63) is 0 Å². The summed E-state index contributed by atoms with van der Waals surface area (Å²) in [5, 5.41) is 3.08. The predicted molar refractivity (Wildman–Crippen MR) is 60.9 cm³/mol. The molecule has 0 aromatic carbocycles. The minimum absolute atomic E-state index is 0.00154. The molecule has 5 aliphatic carbocycles. The van der Waals surface area contributed by atoms with Crippen molar-refractivity contribution < 1.29 is 9.18 Å². The molecule has 0 unspecified atom stereocenters. The molecule has 5 rings (SSSR count). The number of halogens is 1. The second-order valence-electron chi connectivity index (χ2n) is 6.89. The molecule has 4 atom stereocenters. The number of nitrogens with two attached hydrogens (primary N) is 1. The van der Waals surface area contributed by atoms with Gasteiger partial charge in [-0.05, 0) is 31.1 Å². The van der Waals surface area contributed by atoms with Crippen LogP contribution < -0.4 is 11.1 Å². The average Bonchev–Trinajstić information content (AvgIpc) is 2.73. The number of rotatable bonds is 2. The lowest BCUT2D eigenvalue weighted by atomic mass is 9.47. The van der Waals surface area contributed by atoms with Crippen LogP contribution in [-0.2, 0) is 4.79 Å². The van der Waals surface area contributed by atoms with E-state index in [0.29, 0.717) is 31.1 Å². The normalized spacial score (nSPS) is 58.5. The molecule has 5 saturated carbocycles. The molecule has 94 valence electrons. The van der Waals surface area contributed by atoms with Gasteiger partial charge in [0.2, 0.25) is 5.91 Å². The maximum absolute atomic E-state index is 13.4. The molecule has 4 bridgehead atoms. The molecule has 4 heteroatoms. The minimum Gasteiger partial charge on any atom is -0.350 e. The number of carbonyl (C=O) groups excluding carboxylic acids is 1. The van der Waals surface area contributed by atoms with Gasteiger partial charge in [-0.25, -0.2) is 4.39 Å². The van der Waals surface area contributed by atoms with E-state index < -0.39 is 5.67 Å². The van der Waals surface area contributed by atoms with E-state index in [2.05, 4.69) is 5.32 Å². The number of hydrogen-bond acceptors (Lipinski definition) is 2. The molecule has 0 spiro atoms. The molecule has 0 aliphatic heterocycles. The topological polar surface area (TPSA) is 55.1 Å². The Balaban J connectivity index is 1.44. The second kappa shape index (κ2) is 2.85. The molecule has 17 heavy (non-hydrogen) atoms. The number of hydrogen-bond donors (Lipinski definition) is 2. The summed E-state index contributed by atoms with van der Waals surface area (Å²) in [6.45, 7) is 0. The average molecular weight is 238 g/mol.